The van der Waals surface area contributed by atoms with Gasteiger partial charge in [0.2, 0.25) is 0 Å². The molecule has 2 amide bonds. The van der Waals surface area contributed by atoms with Crippen molar-refractivity contribution < 1.29 is 18.7 Å². The molecule has 0 fully saturated rings. The number of carbonyl (C=O) groups excluding carboxylic acids is 2. The fraction of sp³-hybridized carbons (Fsp3) is 0.130. The van der Waals surface area contributed by atoms with Gasteiger partial charge in [0.15, 0.2) is 18.1 Å². The van der Waals surface area contributed by atoms with Gasteiger partial charge in [0, 0.05) is 6.20 Å². The molecule has 0 bridgehead atoms. The third-order valence-corrected chi connectivity index (χ3v) is 4.71. The molecular weight excluding hydrogens is 413 g/mol. The van der Waals surface area contributed by atoms with Gasteiger partial charge >= 0.3 is 0 Å². The number of hydrogen-bond acceptors (Lipinski definition) is 5. The SMILES string of the molecule is CC(NC(=O)c1ccccc1OCC(=O)Nc1ccccc1F)c1nnc2ccccn12. The van der Waals surface area contributed by atoms with Gasteiger partial charge in [-0.05, 0) is 43.3 Å². The van der Waals surface area contributed by atoms with Crippen LogP contribution in [-0.2, 0) is 4.79 Å². The highest BCUT2D eigenvalue weighted by atomic mass is 19.1. The first kappa shape index (κ1) is 21.0. The molecule has 1 unspecified atom stereocenters. The molecule has 4 rings (SSSR count). The highest BCUT2D eigenvalue weighted by Crippen LogP contribution is 2.20. The first-order valence-corrected chi connectivity index (χ1v) is 9.89. The largest absolute Gasteiger partial charge is 0.483 e. The number of rotatable bonds is 7. The molecule has 8 nitrogen and oxygen atoms in total. The summed E-state index contributed by atoms with van der Waals surface area (Å²) in [6, 6.07) is 17.5. The Bertz CT molecular complexity index is 1270. The number of anilines is 1. The lowest BCUT2D eigenvalue weighted by atomic mass is 10.1. The first-order valence-electron chi connectivity index (χ1n) is 9.89. The molecule has 1 atom stereocenters. The second-order valence-corrected chi connectivity index (χ2v) is 7.00. The molecule has 0 aliphatic rings. The number of nitrogens with one attached hydrogen (secondary N) is 2. The zero-order valence-corrected chi connectivity index (χ0v) is 17.2. The molecule has 0 aliphatic carbocycles. The van der Waals surface area contributed by atoms with Gasteiger partial charge in [-0.3, -0.25) is 14.0 Å². The van der Waals surface area contributed by atoms with E-state index in [0.29, 0.717) is 11.5 Å². The standard InChI is InChI=1S/C23H20FN5O3/c1-15(22-28-27-20-12-6-7-13-29(20)22)25-23(31)16-8-2-5-11-19(16)32-14-21(30)26-18-10-4-3-9-17(18)24/h2-13,15H,14H2,1H3,(H,25,31)(H,26,30). The minimum atomic E-state index is -0.548. The van der Waals surface area contributed by atoms with Crippen molar-refractivity contribution >= 4 is 23.1 Å². The molecular formula is C23H20FN5O3. The third-order valence-electron chi connectivity index (χ3n) is 4.71. The van der Waals surface area contributed by atoms with E-state index in [9.17, 15) is 14.0 Å². The summed E-state index contributed by atoms with van der Waals surface area (Å²) in [6.07, 6.45) is 1.82. The molecule has 2 heterocycles. The molecule has 2 aromatic carbocycles. The fourth-order valence-corrected chi connectivity index (χ4v) is 3.17. The van der Waals surface area contributed by atoms with Gasteiger partial charge in [-0.25, -0.2) is 4.39 Å². The van der Waals surface area contributed by atoms with Crippen molar-refractivity contribution in [3.05, 3.63) is 90.1 Å². The van der Waals surface area contributed by atoms with E-state index in [0.717, 1.165) is 0 Å². The number of hydrogen-bond donors (Lipinski definition) is 2. The molecule has 0 aliphatic heterocycles. The number of aromatic nitrogens is 3. The van der Waals surface area contributed by atoms with E-state index in [1.807, 2.05) is 24.4 Å². The molecule has 32 heavy (non-hydrogen) atoms. The number of para-hydroxylation sites is 2. The van der Waals surface area contributed by atoms with Gasteiger partial charge in [0.1, 0.15) is 11.6 Å². The van der Waals surface area contributed by atoms with Gasteiger partial charge in [0.05, 0.1) is 17.3 Å². The van der Waals surface area contributed by atoms with Crippen molar-refractivity contribution in [1.82, 2.24) is 19.9 Å². The number of ether oxygens (including phenoxy) is 1. The van der Waals surface area contributed by atoms with Gasteiger partial charge in [-0.15, -0.1) is 10.2 Å². The van der Waals surface area contributed by atoms with Crippen LogP contribution < -0.4 is 15.4 Å². The highest BCUT2D eigenvalue weighted by molar-refractivity contribution is 5.97. The summed E-state index contributed by atoms with van der Waals surface area (Å²) in [5.74, 6) is -0.678. The maximum Gasteiger partial charge on any atom is 0.262 e. The van der Waals surface area contributed by atoms with Gasteiger partial charge in [-0.1, -0.05) is 30.3 Å². The van der Waals surface area contributed by atoms with Crippen LogP contribution in [0.2, 0.25) is 0 Å². The summed E-state index contributed by atoms with van der Waals surface area (Å²) < 4.78 is 21.0. The van der Waals surface area contributed by atoms with Crippen LogP contribution >= 0.6 is 0 Å². The zero-order valence-electron chi connectivity index (χ0n) is 17.2. The lowest BCUT2D eigenvalue weighted by Crippen LogP contribution is -2.29. The molecule has 2 aromatic heterocycles. The summed E-state index contributed by atoms with van der Waals surface area (Å²) in [5, 5.41) is 13.6. The average Bonchev–Trinajstić information content (AvgIpc) is 3.24. The number of halogens is 1. The van der Waals surface area contributed by atoms with Gasteiger partial charge in [-0.2, -0.15) is 0 Å². The van der Waals surface area contributed by atoms with Gasteiger partial charge < -0.3 is 15.4 Å². The average molecular weight is 433 g/mol. The quantitative estimate of drug-likeness (QED) is 0.466. The van der Waals surface area contributed by atoms with E-state index in [4.69, 9.17) is 4.74 Å². The molecule has 162 valence electrons. The summed E-state index contributed by atoms with van der Waals surface area (Å²) in [6.45, 7) is 1.41. The van der Waals surface area contributed by atoms with Crippen LogP contribution in [0.3, 0.4) is 0 Å². The van der Waals surface area contributed by atoms with E-state index >= 15 is 0 Å². The highest BCUT2D eigenvalue weighted by Gasteiger charge is 2.19. The molecule has 4 aromatic rings. The Kier molecular flexibility index (Phi) is 6.07. The van der Waals surface area contributed by atoms with Gasteiger partial charge in [0.25, 0.3) is 11.8 Å². The van der Waals surface area contributed by atoms with E-state index in [2.05, 4.69) is 20.8 Å². The predicted molar refractivity (Wildman–Crippen MR) is 116 cm³/mol. The number of carbonyl (C=O) groups is 2. The van der Waals surface area contributed by atoms with Crippen molar-refractivity contribution in [2.75, 3.05) is 11.9 Å². The summed E-state index contributed by atoms with van der Waals surface area (Å²) in [4.78, 5) is 25.0. The van der Waals surface area contributed by atoms with Crippen molar-refractivity contribution in [3.8, 4) is 5.75 Å². The van der Waals surface area contributed by atoms with Crippen LogP contribution in [0.15, 0.2) is 72.9 Å². The minimum absolute atomic E-state index is 0.0569. The number of amides is 2. The second kappa shape index (κ2) is 9.25. The van der Waals surface area contributed by atoms with Crippen molar-refractivity contribution in [1.29, 1.82) is 0 Å². The van der Waals surface area contributed by atoms with Crippen molar-refractivity contribution in [2.24, 2.45) is 0 Å². The van der Waals surface area contributed by atoms with E-state index in [1.165, 1.54) is 18.2 Å². The van der Waals surface area contributed by atoms with Crippen LogP contribution in [0.4, 0.5) is 10.1 Å². The number of benzene rings is 2. The minimum Gasteiger partial charge on any atom is -0.483 e. The van der Waals surface area contributed by atoms with Crippen molar-refractivity contribution in [2.45, 2.75) is 13.0 Å². The number of nitrogens with zero attached hydrogens (tertiary/aromatic N) is 3. The Balaban J connectivity index is 1.43. The lowest BCUT2D eigenvalue weighted by molar-refractivity contribution is -0.118. The molecule has 0 saturated heterocycles. The van der Waals surface area contributed by atoms with Crippen LogP contribution in [0.25, 0.3) is 5.65 Å². The fourth-order valence-electron chi connectivity index (χ4n) is 3.17. The third kappa shape index (κ3) is 4.56. The Hall–Kier alpha value is -4.27. The summed E-state index contributed by atoms with van der Waals surface area (Å²) >= 11 is 0. The van der Waals surface area contributed by atoms with Crippen LogP contribution in [0.1, 0.15) is 29.1 Å². The number of pyridine rings is 1. The lowest BCUT2D eigenvalue weighted by Gasteiger charge is -2.15. The predicted octanol–water partition coefficient (Wildman–Crippen LogP) is 3.38. The molecule has 0 radical (unpaired) electrons. The topological polar surface area (TPSA) is 97.6 Å². The molecule has 9 heteroatoms. The maximum absolute atomic E-state index is 13.7. The Morgan fingerprint density at radius 1 is 1.03 bits per heavy atom. The Morgan fingerprint density at radius 3 is 2.62 bits per heavy atom. The first-order chi connectivity index (χ1) is 15.5. The Labute approximate surface area is 183 Å². The Morgan fingerprint density at radius 2 is 1.78 bits per heavy atom. The monoisotopic (exact) mass is 433 g/mol. The van der Waals surface area contributed by atoms with E-state index in [1.54, 1.807) is 41.7 Å². The van der Waals surface area contributed by atoms with E-state index < -0.39 is 23.7 Å². The van der Waals surface area contributed by atoms with E-state index in [-0.39, 0.29) is 23.6 Å². The molecule has 2 N–H and O–H groups in total. The van der Waals surface area contributed by atoms with Crippen LogP contribution in [-0.4, -0.2) is 33.0 Å². The molecule has 0 saturated carbocycles. The maximum atomic E-state index is 13.7. The summed E-state index contributed by atoms with van der Waals surface area (Å²) in [7, 11) is 0. The van der Waals surface area contributed by atoms with Crippen molar-refractivity contribution in [3.63, 3.8) is 0 Å². The zero-order chi connectivity index (χ0) is 22.5. The second-order valence-electron chi connectivity index (χ2n) is 7.00. The normalized spacial score (nSPS) is 11.7. The summed E-state index contributed by atoms with van der Waals surface area (Å²) in [5.41, 5.74) is 0.988. The van der Waals surface area contributed by atoms with Crippen LogP contribution in [0.5, 0.6) is 5.75 Å². The van der Waals surface area contributed by atoms with Crippen LogP contribution in [0, 0.1) is 5.82 Å². The smallest absolute Gasteiger partial charge is 0.262 e. The molecule has 0 spiro atoms. The number of fused-ring (bicyclic) bond motifs is 1.